The lowest BCUT2D eigenvalue weighted by atomic mass is 9.77. The van der Waals surface area contributed by atoms with Crippen LogP contribution in [0.25, 0.3) is 0 Å². The molecule has 3 aliphatic rings. The molecule has 0 aromatic carbocycles. The Balaban J connectivity index is 1.66. The number of hydrogen-bond donors (Lipinski definition) is 0. The lowest BCUT2D eigenvalue weighted by Crippen LogP contribution is -2.42. The fraction of sp³-hybridized carbons (Fsp3) is 0.929. The van der Waals surface area contributed by atoms with E-state index in [0.29, 0.717) is 17.8 Å². The van der Waals surface area contributed by atoms with E-state index in [2.05, 4.69) is 4.90 Å². The molecule has 3 heterocycles. The maximum absolute atomic E-state index is 11.8. The molecule has 0 aliphatic carbocycles. The minimum absolute atomic E-state index is 0.190. The van der Waals surface area contributed by atoms with E-state index in [4.69, 9.17) is 4.74 Å². The molecule has 3 heteroatoms. The molecule has 3 nitrogen and oxygen atoms in total. The van der Waals surface area contributed by atoms with Gasteiger partial charge in [-0.05, 0) is 45.7 Å². The molecule has 0 aromatic heterocycles. The third-order valence-electron chi connectivity index (χ3n) is 4.81. The molecule has 0 amide bonds. The lowest BCUT2D eigenvalue weighted by Gasteiger charge is -2.33. The van der Waals surface area contributed by atoms with Crippen molar-refractivity contribution in [1.29, 1.82) is 0 Å². The number of Topliss-reactive ketones (excluding diaryl/α,β-unsaturated/α-hetero) is 1. The Bertz CT molecular complexity index is 299. The Kier molecular flexibility index (Phi) is 3.22. The van der Waals surface area contributed by atoms with Gasteiger partial charge in [0.25, 0.3) is 0 Å². The van der Waals surface area contributed by atoms with Crippen LogP contribution in [0.5, 0.6) is 0 Å². The van der Waals surface area contributed by atoms with E-state index in [1.54, 1.807) is 6.92 Å². The fourth-order valence-corrected chi connectivity index (χ4v) is 4.01. The average molecular weight is 237 g/mol. The highest BCUT2D eigenvalue weighted by Crippen LogP contribution is 2.44. The first-order valence-electron chi connectivity index (χ1n) is 7.14. The Hall–Kier alpha value is -0.410. The fourth-order valence-electron chi connectivity index (χ4n) is 4.01. The summed E-state index contributed by atoms with van der Waals surface area (Å²) >= 11 is 0. The first-order chi connectivity index (χ1) is 8.25. The molecule has 3 saturated heterocycles. The Morgan fingerprint density at radius 1 is 1.18 bits per heavy atom. The molecule has 96 valence electrons. The van der Waals surface area contributed by atoms with E-state index in [0.717, 1.165) is 13.0 Å². The maximum atomic E-state index is 11.8. The van der Waals surface area contributed by atoms with Gasteiger partial charge in [-0.15, -0.1) is 0 Å². The highest BCUT2D eigenvalue weighted by molar-refractivity contribution is 5.79. The lowest BCUT2D eigenvalue weighted by molar-refractivity contribution is -0.123. The van der Waals surface area contributed by atoms with Crippen molar-refractivity contribution in [3.05, 3.63) is 0 Å². The standard InChI is InChI=1S/C14H23NO2/c1-10(16)14-11(12-5-6-13(14)17-12)9-15-7-3-2-4-8-15/h11-14H,2-9H2,1H3/t11?,12-,13+,14?/m1/s1. The van der Waals surface area contributed by atoms with Crippen molar-refractivity contribution in [3.8, 4) is 0 Å². The van der Waals surface area contributed by atoms with Crippen molar-refractivity contribution in [3.63, 3.8) is 0 Å². The number of hydrogen-bond acceptors (Lipinski definition) is 3. The number of likely N-dealkylation sites (tertiary alicyclic amines) is 1. The summed E-state index contributed by atoms with van der Waals surface area (Å²) in [6, 6.07) is 0. The SMILES string of the molecule is CC(=O)C1C(CN2CCCCC2)[C@H]2CC[C@@H]1O2. The number of ether oxygens (including phenoxy) is 1. The number of nitrogens with zero attached hydrogens (tertiary/aromatic N) is 1. The third-order valence-corrected chi connectivity index (χ3v) is 4.81. The molecule has 3 rings (SSSR count). The summed E-state index contributed by atoms with van der Waals surface area (Å²) in [5.74, 6) is 1.01. The number of ketones is 1. The summed E-state index contributed by atoms with van der Waals surface area (Å²) in [7, 11) is 0. The van der Waals surface area contributed by atoms with Crippen LogP contribution < -0.4 is 0 Å². The predicted octanol–water partition coefficient (Wildman–Crippen LogP) is 1.85. The molecule has 0 N–H and O–H groups in total. The average Bonchev–Trinajstić information content (AvgIpc) is 2.90. The molecule has 2 bridgehead atoms. The third kappa shape index (κ3) is 2.15. The minimum Gasteiger partial charge on any atom is -0.374 e. The second-order valence-electron chi connectivity index (χ2n) is 5.95. The van der Waals surface area contributed by atoms with Gasteiger partial charge in [0.05, 0.1) is 18.1 Å². The maximum Gasteiger partial charge on any atom is 0.135 e. The summed E-state index contributed by atoms with van der Waals surface area (Å²) in [5.41, 5.74) is 0. The van der Waals surface area contributed by atoms with Crippen LogP contribution in [-0.2, 0) is 9.53 Å². The summed E-state index contributed by atoms with van der Waals surface area (Å²) in [6.45, 7) is 5.28. The molecule has 4 atom stereocenters. The van der Waals surface area contributed by atoms with Crippen LogP contribution in [0.15, 0.2) is 0 Å². The van der Waals surface area contributed by atoms with Gasteiger partial charge in [0.1, 0.15) is 5.78 Å². The zero-order valence-electron chi connectivity index (χ0n) is 10.7. The molecule has 17 heavy (non-hydrogen) atoms. The quantitative estimate of drug-likeness (QED) is 0.750. The molecule has 0 saturated carbocycles. The summed E-state index contributed by atoms with van der Waals surface area (Å²) in [5, 5.41) is 0. The molecule has 0 radical (unpaired) electrons. The first kappa shape index (κ1) is 11.7. The van der Waals surface area contributed by atoms with Crippen molar-refractivity contribution in [2.45, 2.75) is 51.2 Å². The van der Waals surface area contributed by atoms with Crippen molar-refractivity contribution in [1.82, 2.24) is 4.90 Å². The second-order valence-corrected chi connectivity index (χ2v) is 5.95. The smallest absolute Gasteiger partial charge is 0.135 e. The van der Waals surface area contributed by atoms with E-state index in [9.17, 15) is 4.79 Å². The van der Waals surface area contributed by atoms with Gasteiger partial charge in [0, 0.05) is 12.5 Å². The monoisotopic (exact) mass is 237 g/mol. The summed E-state index contributed by atoms with van der Waals surface area (Å²) < 4.78 is 5.95. The zero-order chi connectivity index (χ0) is 11.8. The zero-order valence-corrected chi connectivity index (χ0v) is 10.7. The van der Waals surface area contributed by atoms with E-state index < -0.39 is 0 Å². The van der Waals surface area contributed by atoms with Crippen molar-refractivity contribution >= 4 is 5.78 Å². The van der Waals surface area contributed by atoms with Crippen molar-refractivity contribution in [2.75, 3.05) is 19.6 Å². The van der Waals surface area contributed by atoms with Gasteiger partial charge in [-0.3, -0.25) is 4.79 Å². The van der Waals surface area contributed by atoms with Gasteiger partial charge in [0.15, 0.2) is 0 Å². The number of rotatable bonds is 3. The second kappa shape index (κ2) is 4.69. The molecular formula is C14H23NO2. The molecule has 2 unspecified atom stereocenters. The summed E-state index contributed by atoms with van der Waals surface area (Å²) in [6.07, 6.45) is 6.92. The van der Waals surface area contributed by atoms with E-state index in [1.807, 2.05) is 0 Å². The molecular weight excluding hydrogens is 214 g/mol. The number of carbonyl (C=O) groups is 1. The van der Waals surface area contributed by atoms with Crippen molar-refractivity contribution in [2.24, 2.45) is 11.8 Å². The van der Waals surface area contributed by atoms with Gasteiger partial charge in [-0.25, -0.2) is 0 Å². The molecule has 3 fully saturated rings. The number of piperidine rings is 1. The van der Waals surface area contributed by atoms with Crippen LogP contribution >= 0.6 is 0 Å². The molecule has 3 aliphatic heterocycles. The largest absolute Gasteiger partial charge is 0.374 e. The van der Waals surface area contributed by atoms with Crippen LogP contribution in [0.3, 0.4) is 0 Å². The first-order valence-corrected chi connectivity index (χ1v) is 7.14. The highest BCUT2D eigenvalue weighted by atomic mass is 16.5. The molecule has 0 aromatic rings. The highest BCUT2D eigenvalue weighted by Gasteiger charge is 2.51. The van der Waals surface area contributed by atoms with E-state index >= 15 is 0 Å². The van der Waals surface area contributed by atoms with Gasteiger partial charge >= 0.3 is 0 Å². The van der Waals surface area contributed by atoms with Gasteiger partial charge in [-0.1, -0.05) is 6.42 Å². The number of fused-ring (bicyclic) bond motifs is 2. The summed E-state index contributed by atoms with van der Waals surface area (Å²) in [4.78, 5) is 14.3. The van der Waals surface area contributed by atoms with Crippen LogP contribution in [-0.4, -0.2) is 42.5 Å². The Morgan fingerprint density at radius 2 is 1.88 bits per heavy atom. The number of carbonyl (C=O) groups excluding carboxylic acids is 1. The van der Waals surface area contributed by atoms with Crippen LogP contribution in [0, 0.1) is 11.8 Å². The van der Waals surface area contributed by atoms with Gasteiger partial charge < -0.3 is 9.64 Å². The van der Waals surface area contributed by atoms with Gasteiger partial charge in [0.2, 0.25) is 0 Å². The van der Waals surface area contributed by atoms with Crippen molar-refractivity contribution < 1.29 is 9.53 Å². The van der Waals surface area contributed by atoms with Crippen LogP contribution in [0.1, 0.15) is 39.0 Å². The normalized spacial score (nSPS) is 41.9. The van der Waals surface area contributed by atoms with E-state index in [1.165, 1.54) is 38.8 Å². The Morgan fingerprint density at radius 3 is 2.59 bits per heavy atom. The van der Waals surface area contributed by atoms with Gasteiger partial charge in [-0.2, -0.15) is 0 Å². The van der Waals surface area contributed by atoms with E-state index in [-0.39, 0.29) is 12.0 Å². The predicted molar refractivity (Wildman–Crippen MR) is 65.8 cm³/mol. The Labute approximate surface area is 104 Å². The minimum atomic E-state index is 0.190. The topological polar surface area (TPSA) is 29.5 Å². The molecule has 0 spiro atoms. The van der Waals surface area contributed by atoms with Crippen LogP contribution in [0.4, 0.5) is 0 Å². The van der Waals surface area contributed by atoms with Crippen LogP contribution in [0.2, 0.25) is 0 Å².